The van der Waals surface area contributed by atoms with Gasteiger partial charge in [0.15, 0.2) is 0 Å². The minimum atomic E-state index is -0.0237. The molecule has 1 aromatic carbocycles. The number of rotatable bonds is 4. The molecule has 1 aliphatic heterocycles. The molecule has 132 valence electrons. The van der Waals surface area contributed by atoms with Crippen molar-refractivity contribution < 1.29 is 9.53 Å². The van der Waals surface area contributed by atoms with Crippen LogP contribution in [0, 0.1) is 13.8 Å². The predicted octanol–water partition coefficient (Wildman–Crippen LogP) is 3.47. The summed E-state index contributed by atoms with van der Waals surface area (Å²) >= 11 is 0. The van der Waals surface area contributed by atoms with E-state index in [1.165, 1.54) is 6.42 Å². The molecule has 6 heteroatoms. The van der Waals surface area contributed by atoms with Crippen LogP contribution in [0.2, 0.25) is 0 Å². The SMILES string of the molecule is COc1ccc(C)cc1Nc1cc(C(=O)N2CCCCC2)nc(C)n1. The summed E-state index contributed by atoms with van der Waals surface area (Å²) in [6.07, 6.45) is 3.30. The minimum absolute atomic E-state index is 0.0237. The standard InChI is InChI=1S/C19H24N4O2/c1-13-7-8-17(25-3)15(11-13)22-18-12-16(20-14(2)21-18)19(24)23-9-5-4-6-10-23/h7-8,11-12H,4-6,9-10H2,1-3H3,(H,20,21,22). The van der Waals surface area contributed by atoms with Gasteiger partial charge in [-0.05, 0) is 50.8 Å². The number of nitrogens with zero attached hydrogens (tertiary/aromatic N) is 3. The van der Waals surface area contributed by atoms with Gasteiger partial charge in [-0.3, -0.25) is 4.79 Å². The van der Waals surface area contributed by atoms with Crippen molar-refractivity contribution in [2.45, 2.75) is 33.1 Å². The molecule has 0 unspecified atom stereocenters. The van der Waals surface area contributed by atoms with Crippen molar-refractivity contribution in [3.63, 3.8) is 0 Å². The second-order valence-corrected chi connectivity index (χ2v) is 6.37. The maximum Gasteiger partial charge on any atom is 0.272 e. The number of hydrogen-bond donors (Lipinski definition) is 1. The number of hydrogen-bond acceptors (Lipinski definition) is 5. The zero-order chi connectivity index (χ0) is 17.8. The Morgan fingerprint density at radius 1 is 1.12 bits per heavy atom. The fraction of sp³-hybridized carbons (Fsp3) is 0.421. The highest BCUT2D eigenvalue weighted by Gasteiger charge is 2.20. The molecule has 2 heterocycles. The van der Waals surface area contributed by atoms with Gasteiger partial charge in [0, 0.05) is 19.2 Å². The molecule has 1 amide bonds. The predicted molar refractivity (Wildman–Crippen MR) is 97.5 cm³/mol. The van der Waals surface area contributed by atoms with E-state index < -0.39 is 0 Å². The number of likely N-dealkylation sites (tertiary alicyclic amines) is 1. The fourth-order valence-electron chi connectivity index (χ4n) is 3.06. The second kappa shape index (κ2) is 7.51. The van der Waals surface area contributed by atoms with Crippen LogP contribution in [-0.2, 0) is 0 Å². The molecule has 1 aromatic heterocycles. The van der Waals surface area contributed by atoms with Crippen molar-refractivity contribution in [3.05, 3.63) is 41.3 Å². The Balaban J connectivity index is 1.87. The molecule has 0 bridgehead atoms. The van der Waals surface area contributed by atoms with Gasteiger partial charge in [0.25, 0.3) is 5.91 Å². The summed E-state index contributed by atoms with van der Waals surface area (Å²) in [5.74, 6) is 1.86. The zero-order valence-electron chi connectivity index (χ0n) is 15.0. The number of aromatic nitrogens is 2. The molecular weight excluding hydrogens is 316 g/mol. The zero-order valence-corrected chi connectivity index (χ0v) is 15.0. The molecule has 1 fully saturated rings. The van der Waals surface area contributed by atoms with Gasteiger partial charge < -0.3 is 15.0 Å². The van der Waals surface area contributed by atoms with E-state index in [-0.39, 0.29) is 5.91 Å². The average Bonchev–Trinajstić information content (AvgIpc) is 2.61. The molecule has 0 atom stereocenters. The molecule has 1 saturated heterocycles. The number of amides is 1. The maximum atomic E-state index is 12.7. The van der Waals surface area contributed by atoms with E-state index >= 15 is 0 Å². The van der Waals surface area contributed by atoms with Crippen LogP contribution in [0.1, 0.15) is 41.1 Å². The fourth-order valence-corrected chi connectivity index (χ4v) is 3.06. The first-order valence-corrected chi connectivity index (χ1v) is 8.63. The third-order valence-corrected chi connectivity index (χ3v) is 4.32. The number of aryl methyl sites for hydroxylation is 2. The van der Waals surface area contributed by atoms with Gasteiger partial charge in [-0.2, -0.15) is 0 Å². The number of carbonyl (C=O) groups excluding carboxylic acids is 1. The maximum absolute atomic E-state index is 12.7. The molecule has 3 rings (SSSR count). The van der Waals surface area contributed by atoms with Crippen LogP contribution in [0.25, 0.3) is 0 Å². The number of methoxy groups -OCH3 is 1. The lowest BCUT2D eigenvalue weighted by Crippen LogP contribution is -2.36. The lowest BCUT2D eigenvalue weighted by atomic mass is 10.1. The molecule has 6 nitrogen and oxygen atoms in total. The molecule has 1 aliphatic rings. The summed E-state index contributed by atoms with van der Waals surface area (Å²) < 4.78 is 5.39. The lowest BCUT2D eigenvalue weighted by Gasteiger charge is -2.26. The number of anilines is 2. The van der Waals surface area contributed by atoms with E-state index in [0.29, 0.717) is 17.3 Å². The molecule has 2 aromatic rings. The summed E-state index contributed by atoms with van der Waals surface area (Å²) in [6.45, 7) is 5.42. The van der Waals surface area contributed by atoms with Gasteiger partial charge >= 0.3 is 0 Å². The molecule has 0 radical (unpaired) electrons. The van der Waals surface area contributed by atoms with Crippen LogP contribution in [0.3, 0.4) is 0 Å². The van der Waals surface area contributed by atoms with Crippen LogP contribution in [0.5, 0.6) is 5.75 Å². The molecule has 0 saturated carbocycles. The third kappa shape index (κ3) is 4.07. The van der Waals surface area contributed by atoms with Crippen molar-refractivity contribution in [2.75, 3.05) is 25.5 Å². The summed E-state index contributed by atoms with van der Waals surface area (Å²) in [7, 11) is 1.63. The molecule has 25 heavy (non-hydrogen) atoms. The van der Waals surface area contributed by atoms with Crippen LogP contribution in [0.15, 0.2) is 24.3 Å². The second-order valence-electron chi connectivity index (χ2n) is 6.37. The van der Waals surface area contributed by atoms with Gasteiger partial charge in [-0.25, -0.2) is 9.97 Å². The summed E-state index contributed by atoms with van der Waals surface area (Å²) in [5.41, 5.74) is 2.36. The van der Waals surface area contributed by atoms with E-state index in [2.05, 4.69) is 15.3 Å². The van der Waals surface area contributed by atoms with E-state index in [1.807, 2.05) is 30.0 Å². The average molecular weight is 340 g/mol. The van der Waals surface area contributed by atoms with E-state index in [0.717, 1.165) is 42.9 Å². The number of benzene rings is 1. The van der Waals surface area contributed by atoms with Gasteiger partial charge in [0.1, 0.15) is 23.1 Å². The van der Waals surface area contributed by atoms with Gasteiger partial charge in [-0.1, -0.05) is 6.07 Å². The third-order valence-electron chi connectivity index (χ3n) is 4.32. The highest BCUT2D eigenvalue weighted by Crippen LogP contribution is 2.28. The monoisotopic (exact) mass is 340 g/mol. The van der Waals surface area contributed by atoms with E-state index in [4.69, 9.17) is 4.74 Å². The van der Waals surface area contributed by atoms with Gasteiger partial charge in [-0.15, -0.1) is 0 Å². The summed E-state index contributed by atoms with van der Waals surface area (Å²) in [6, 6.07) is 7.60. The van der Waals surface area contributed by atoms with Crippen molar-refractivity contribution in [3.8, 4) is 5.75 Å². The number of nitrogens with one attached hydrogen (secondary N) is 1. The first-order chi connectivity index (χ1) is 12.1. The smallest absolute Gasteiger partial charge is 0.272 e. The number of piperidine rings is 1. The normalized spacial score (nSPS) is 14.3. The Kier molecular flexibility index (Phi) is 5.16. The van der Waals surface area contributed by atoms with Crippen LogP contribution >= 0.6 is 0 Å². The molecule has 1 N–H and O–H groups in total. The van der Waals surface area contributed by atoms with Crippen LogP contribution in [0.4, 0.5) is 11.5 Å². The van der Waals surface area contributed by atoms with Crippen molar-refractivity contribution in [2.24, 2.45) is 0 Å². The van der Waals surface area contributed by atoms with E-state index in [9.17, 15) is 4.79 Å². The van der Waals surface area contributed by atoms with Gasteiger partial charge in [0.2, 0.25) is 0 Å². The number of carbonyl (C=O) groups is 1. The largest absolute Gasteiger partial charge is 0.495 e. The summed E-state index contributed by atoms with van der Waals surface area (Å²) in [4.78, 5) is 23.3. The summed E-state index contributed by atoms with van der Waals surface area (Å²) in [5, 5.41) is 3.26. The van der Waals surface area contributed by atoms with Crippen LogP contribution in [-0.4, -0.2) is 41.0 Å². The molecular formula is C19H24N4O2. The van der Waals surface area contributed by atoms with Crippen molar-refractivity contribution in [1.82, 2.24) is 14.9 Å². The topological polar surface area (TPSA) is 67.3 Å². The minimum Gasteiger partial charge on any atom is -0.495 e. The Morgan fingerprint density at radius 3 is 2.60 bits per heavy atom. The van der Waals surface area contributed by atoms with Crippen molar-refractivity contribution >= 4 is 17.4 Å². The first kappa shape index (κ1) is 17.2. The Hall–Kier alpha value is -2.63. The van der Waals surface area contributed by atoms with E-state index in [1.54, 1.807) is 20.1 Å². The Morgan fingerprint density at radius 2 is 1.88 bits per heavy atom. The lowest BCUT2D eigenvalue weighted by molar-refractivity contribution is 0.0718. The first-order valence-electron chi connectivity index (χ1n) is 8.63. The van der Waals surface area contributed by atoms with Crippen molar-refractivity contribution in [1.29, 1.82) is 0 Å². The van der Waals surface area contributed by atoms with Crippen LogP contribution < -0.4 is 10.1 Å². The van der Waals surface area contributed by atoms with Gasteiger partial charge in [0.05, 0.1) is 12.8 Å². The Bertz CT molecular complexity index is 770. The molecule has 0 spiro atoms. The highest BCUT2D eigenvalue weighted by atomic mass is 16.5. The Labute approximate surface area is 148 Å². The number of ether oxygens (including phenoxy) is 1. The highest BCUT2D eigenvalue weighted by molar-refractivity contribution is 5.93. The quantitative estimate of drug-likeness (QED) is 0.923. The molecule has 0 aliphatic carbocycles.